The minimum atomic E-state index is -0.468. The lowest BCUT2D eigenvalue weighted by molar-refractivity contribution is 0.0600. The molecule has 0 saturated carbocycles. The number of anilines is 2. The van der Waals surface area contributed by atoms with E-state index in [0.717, 1.165) is 15.7 Å². The van der Waals surface area contributed by atoms with Crippen LogP contribution in [0.4, 0.5) is 11.4 Å². The van der Waals surface area contributed by atoms with Crippen LogP contribution in [0.3, 0.4) is 0 Å². The quantitative estimate of drug-likeness (QED) is 0.547. The molecule has 3 aromatic carbocycles. The molecule has 0 aliphatic carbocycles. The molecular weight excluding hydrogens is 448 g/mol. The second kappa shape index (κ2) is 8.20. The summed E-state index contributed by atoms with van der Waals surface area (Å²) in [6.07, 6.45) is -0.468. The van der Waals surface area contributed by atoms with E-state index < -0.39 is 12.1 Å². The van der Waals surface area contributed by atoms with Crippen LogP contribution in [0.2, 0.25) is 0 Å². The fraction of sp³-hybridized carbons (Fsp3) is 0.130. The Balaban J connectivity index is 1.82. The van der Waals surface area contributed by atoms with Crippen molar-refractivity contribution in [3.63, 3.8) is 0 Å². The van der Waals surface area contributed by atoms with Crippen LogP contribution in [-0.4, -0.2) is 26.1 Å². The smallest absolute Gasteiger partial charge is 0.337 e. The molecule has 7 heteroatoms. The van der Waals surface area contributed by atoms with Crippen molar-refractivity contribution in [2.24, 2.45) is 0 Å². The Bertz CT molecular complexity index is 1110. The predicted octanol–water partition coefficient (Wildman–Crippen LogP) is 5.02. The number of nitrogens with zero attached hydrogens (tertiary/aromatic N) is 1. The van der Waals surface area contributed by atoms with E-state index >= 15 is 0 Å². The Hall–Kier alpha value is -3.32. The van der Waals surface area contributed by atoms with E-state index in [1.807, 2.05) is 48.5 Å². The summed E-state index contributed by atoms with van der Waals surface area (Å²) in [6, 6.07) is 19.9. The van der Waals surface area contributed by atoms with E-state index in [1.54, 1.807) is 30.2 Å². The summed E-state index contributed by atoms with van der Waals surface area (Å²) in [5.74, 6) is 0.106. The highest BCUT2D eigenvalue weighted by Crippen LogP contribution is 2.38. The molecule has 4 rings (SSSR count). The Morgan fingerprint density at radius 1 is 1.03 bits per heavy atom. The van der Waals surface area contributed by atoms with Crippen LogP contribution in [-0.2, 0) is 4.74 Å². The van der Waals surface area contributed by atoms with Crippen LogP contribution in [0.1, 0.15) is 32.4 Å². The van der Waals surface area contributed by atoms with Crippen molar-refractivity contribution >= 4 is 39.2 Å². The zero-order chi connectivity index (χ0) is 21.3. The topological polar surface area (TPSA) is 67.9 Å². The molecule has 1 aliphatic rings. The maximum Gasteiger partial charge on any atom is 0.337 e. The highest BCUT2D eigenvalue weighted by atomic mass is 79.9. The van der Waals surface area contributed by atoms with Crippen LogP contribution in [0.5, 0.6) is 5.75 Å². The predicted molar refractivity (Wildman–Crippen MR) is 118 cm³/mol. The molecule has 0 aromatic heterocycles. The first-order valence-electron chi connectivity index (χ1n) is 9.24. The van der Waals surface area contributed by atoms with E-state index in [4.69, 9.17) is 9.47 Å². The van der Waals surface area contributed by atoms with Gasteiger partial charge in [0.2, 0.25) is 0 Å². The Kier molecular flexibility index (Phi) is 5.46. The number of esters is 1. The van der Waals surface area contributed by atoms with Crippen LogP contribution in [0.25, 0.3) is 0 Å². The second-order valence-corrected chi connectivity index (χ2v) is 7.64. The van der Waals surface area contributed by atoms with Gasteiger partial charge in [0.05, 0.1) is 31.0 Å². The van der Waals surface area contributed by atoms with Gasteiger partial charge >= 0.3 is 5.97 Å². The first kappa shape index (κ1) is 20.0. The average molecular weight is 467 g/mol. The molecule has 1 aliphatic heterocycles. The number of carbonyl (C=O) groups excluding carboxylic acids is 2. The highest BCUT2D eigenvalue weighted by Gasteiger charge is 2.34. The number of nitrogens with one attached hydrogen (secondary N) is 1. The Labute approximate surface area is 182 Å². The first-order chi connectivity index (χ1) is 14.5. The summed E-state index contributed by atoms with van der Waals surface area (Å²) in [5, 5.41) is 3.45. The third kappa shape index (κ3) is 3.64. The maximum absolute atomic E-state index is 13.5. The van der Waals surface area contributed by atoms with E-state index in [0.29, 0.717) is 22.6 Å². The molecule has 1 N–H and O–H groups in total. The van der Waals surface area contributed by atoms with Gasteiger partial charge in [0.25, 0.3) is 5.91 Å². The number of hydrogen-bond donors (Lipinski definition) is 1. The summed E-state index contributed by atoms with van der Waals surface area (Å²) in [4.78, 5) is 27.0. The van der Waals surface area contributed by atoms with E-state index in [9.17, 15) is 9.59 Å². The number of carbonyl (C=O) groups is 2. The molecule has 0 spiro atoms. The van der Waals surface area contributed by atoms with Crippen LogP contribution in [0.15, 0.2) is 71.2 Å². The molecule has 152 valence electrons. The number of benzene rings is 3. The van der Waals surface area contributed by atoms with Crippen molar-refractivity contribution in [3.05, 3.63) is 87.9 Å². The third-order valence-corrected chi connectivity index (χ3v) is 5.45. The summed E-state index contributed by atoms with van der Waals surface area (Å²) in [7, 11) is 2.93. The summed E-state index contributed by atoms with van der Waals surface area (Å²) >= 11 is 3.44. The number of amides is 1. The molecular formula is C23H19BrN2O4. The van der Waals surface area contributed by atoms with E-state index in [2.05, 4.69) is 21.2 Å². The fourth-order valence-corrected chi connectivity index (χ4v) is 3.82. The van der Waals surface area contributed by atoms with Gasteiger partial charge in [0, 0.05) is 16.2 Å². The normalized spacial score (nSPS) is 15.2. The zero-order valence-electron chi connectivity index (χ0n) is 16.4. The lowest BCUT2D eigenvalue weighted by Crippen LogP contribution is -2.43. The monoisotopic (exact) mass is 466 g/mol. The molecule has 0 saturated heterocycles. The van der Waals surface area contributed by atoms with E-state index in [1.165, 1.54) is 7.11 Å². The van der Waals surface area contributed by atoms with Gasteiger partial charge in [0.15, 0.2) is 0 Å². The number of rotatable bonds is 4. The van der Waals surface area contributed by atoms with Gasteiger partial charge < -0.3 is 14.8 Å². The Morgan fingerprint density at radius 3 is 2.50 bits per heavy atom. The van der Waals surface area contributed by atoms with Crippen molar-refractivity contribution < 1.29 is 19.1 Å². The van der Waals surface area contributed by atoms with Gasteiger partial charge in [-0.25, -0.2) is 4.79 Å². The van der Waals surface area contributed by atoms with Crippen molar-refractivity contribution in [3.8, 4) is 5.75 Å². The largest absolute Gasteiger partial charge is 0.497 e. The fourth-order valence-electron chi connectivity index (χ4n) is 3.46. The molecule has 3 aromatic rings. The summed E-state index contributed by atoms with van der Waals surface area (Å²) < 4.78 is 10.9. The zero-order valence-corrected chi connectivity index (χ0v) is 18.0. The second-order valence-electron chi connectivity index (χ2n) is 6.73. The summed E-state index contributed by atoms with van der Waals surface area (Å²) in [6.45, 7) is 0. The van der Waals surface area contributed by atoms with E-state index in [-0.39, 0.29) is 5.91 Å². The Morgan fingerprint density at radius 2 is 1.80 bits per heavy atom. The number of hydrogen-bond acceptors (Lipinski definition) is 5. The van der Waals surface area contributed by atoms with Gasteiger partial charge in [-0.3, -0.25) is 9.69 Å². The molecule has 0 fully saturated rings. The van der Waals surface area contributed by atoms with Gasteiger partial charge in [-0.1, -0.05) is 34.1 Å². The molecule has 6 nitrogen and oxygen atoms in total. The SMILES string of the molecule is COC(=O)c1ccc([C@@H]2Nc3ccc(Br)cc3C(=O)N2c2cccc(OC)c2)cc1. The van der Waals surface area contributed by atoms with Crippen molar-refractivity contribution in [1.82, 2.24) is 0 Å². The molecule has 0 unspecified atom stereocenters. The number of ether oxygens (including phenoxy) is 2. The lowest BCUT2D eigenvalue weighted by atomic mass is 10.0. The molecule has 1 atom stereocenters. The van der Waals surface area contributed by atoms with Gasteiger partial charge in [-0.05, 0) is 48.0 Å². The minimum absolute atomic E-state index is 0.139. The van der Waals surface area contributed by atoms with Crippen molar-refractivity contribution in [1.29, 1.82) is 0 Å². The highest BCUT2D eigenvalue weighted by molar-refractivity contribution is 9.10. The average Bonchev–Trinajstić information content (AvgIpc) is 2.79. The van der Waals surface area contributed by atoms with Gasteiger partial charge in [-0.2, -0.15) is 0 Å². The lowest BCUT2D eigenvalue weighted by Gasteiger charge is -2.38. The maximum atomic E-state index is 13.5. The van der Waals surface area contributed by atoms with Crippen molar-refractivity contribution in [2.75, 3.05) is 24.4 Å². The van der Waals surface area contributed by atoms with Crippen LogP contribution in [0, 0.1) is 0 Å². The van der Waals surface area contributed by atoms with Crippen molar-refractivity contribution in [2.45, 2.75) is 6.17 Å². The first-order valence-corrected chi connectivity index (χ1v) is 10.0. The number of fused-ring (bicyclic) bond motifs is 1. The molecule has 0 bridgehead atoms. The minimum Gasteiger partial charge on any atom is -0.497 e. The molecule has 1 heterocycles. The van der Waals surface area contributed by atoms with Gasteiger partial charge in [-0.15, -0.1) is 0 Å². The number of methoxy groups -OCH3 is 2. The summed E-state index contributed by atoms with van der Waals surface area (Å²) in [5.41, 5.74) is 3.27. The molecule has 30 heavy (non-hydrogen) atoms. The number of halogens is 1. The van der Waals surface area contributed by atoms with Crippen LogP contribution >= 0.6 is 15.9 Å². The molecule has 1 amide bonds. The third-order valence-electron chi connectivity index (χ3n) is 4.96. The van der Waals surface area contributed by atoms with Gasteiger partial charge in [0.1, 0.15) is 11.9 Å². The standard InChI is InChI=1S/C23H19BrN2O4/c1-29-18-5-3-4-17(13-18)26-21(14-6-8-15(9-7-14)23(28)30-2)25-20-11-10-16(24)12-19(20)22(26)27/h3-13,21,25H,1-2H3/t21-/m1/s1. The van der Waals surface area contributed by atoms with Crippen LogP contribution < -0.4 is 15.0 Å². The molecule has 0 radical (unpaired) electrons.